The highest BCUT2D eigenvalue weighted by atomic mass is 19.3. The minimum atomic E-state index is -2.51. The second-order valence-corrected chi connectivity index (χ2v) is 2.63. The van der Waals surface area contributed by atoms with E-state index in [-0.39, 0.29) is 6.04 Å². The van der Waals surface area contributed by atoms with E-state index in [1.807, 2.05) is 0 Å². The second-order valence-electron chi connectivity index (χ2n) is 2.63. The van der Waals surface area contributed by atoms with Crippen molar-refractivity contribution in [1.29, 1.82) is 0 Å². The Balaban J connectivity index is 4.11. The molecule has 0 aromatic rings. The summed E-state index contributed by atoms with van der Waals surface area (Å²) >= 11 is 0. The van der Waals surface area contributed by atoms with E-state index in [1.165, 1.54) is 6.08 Å². The SMILES string of the molecule is CC(=CC(C)N)C(N)C(F)F. The summed E-state index contributed by atoms with van der Waals surface area (Å²) in [6.07, 6.45) is -0.971. The predicted octanol–water partition coefficient (Wildman–Crippen LogP) is 0.872. The molecule has 2 atom stereocenters. The van der Waals surface area contributed by atoms with Crippen molar-refractivity contribution in [2.24, 2.45) is 11.5 Å². The molecule has 0 aromatic heterocycles. The van der Waals surface area contributed by atoms with Crippen LogP contribution in [0.25, 0.3) is 0 Å². The van der Waals surface area contributed by atoms with Gasteiger partial charge in [0.25, 0.3) is 6.43 Å². The van der Waals surface area contributed by atoms with Gasteiger partial charge in [0, 0.05) is 6.04 Å². The molecule has 0 radical (unpaired) electrons. The van der Waals surface area contributed by atoms with E-state index in [0.717, 1.165) is 0 Å². The maximum absolute atomic E-state index is 11.9. The highest BCUT2D eigenvalue weighted by molar-refractivity contribution is 5.10. The van der Waals surface area contributed by atoms with Crippen LogP contribution in [0.1, 0.15) is 13.8 Å². The lowest BCUT2D eigenvalue weighted by Crippen LogP contribution is -2.30. The van der Waals surface area contributed by atoms with Crippen molar-refractivity contribution in [2.45, 2.75) is 32.4 Å². The van der Waals surface area contributed by atoms with Crippen molar-refractivity contribution in [3.63, 3.8) is 0 Å². The van der Waals surface area contributed by atoms with E-state index in [1.54, 1.807) is 13.8 Å². The lowest BCUT2D eigenvalue weighted by molar-refractivity contribution is 0.129. The normalized spacial score (nSPS) is 18.6. The second kappa shape index (κ2) is 4.41. The van der Waals surface area contributed by atoms with Gasteiger partial charge < -0.3 is 11.5 Å². The molecule has 2 unspecified atom stereocenters. The van der Waals surface area contributed by atoms with Crippen LogP contribution in [0.15, 0.2) is 11.6 Å². The molecule has 11 heavy (non-hydrogen) atoms. The highest BCUT2D eigenvalue weighted by Crippen LogP contribution is 2.08. The average Bonchev–Trinajstić information content (AvgIpc) is 1.84. The Morgan fingerprint density at radius 3 is 2.09 bits per heavy atom. The number of halogens is 2. The molecule has 4 N–H and O–H groups in total. The molecule has 0 aliphatic carbocycles. The van der Waals surface area contributed by atoms with Crippen LogP contribution in [0.2, 0.25) is 0 Å². The molecule has 2 nitrogen and oxygen atoms in total. The molecule has 0 fully saturated rings. The smallest absolute Gasteiger partial charge is 0.257 e. The minimum Gasteiger partial charge on any atom is -0.325 e. The molecule has 0 saturated carbocycles. The lowest BCUT2D eigenvalue weighted by atomic mass is 10.1. The van der Waals surface area contributed by atoms with Crippen molar-refractivity contribution in [1.82, 2.24) is 0 Å². The summed E-state index contributed by atoms with van der Waals surface area (Å²) < 4.78 is 23.8. The zero-order valence-corrected chi connectivity index (χ0v) is 6.72. The van der Waals surface area contributed by atoms with Crippen LogP contribution in [0, 0.1) is 0 Å². The fourth-order valence-corrected chi connectivity index (χ4v) is 0.725. The number of nitrogens with two attached hydrogens (primary N) is 2. The average molecular weight is 164 g/mol. The highest BCUT2D eigenvalue weighted by Gasteiger charge is 2.16. The Bertz CT molecular complexity index is 143. The minimum absolute atomic E-state index is 0.222. The zero-order valence-electron chi connectivity index (χ0n) is 6.72. The van der Waals surface area contributed by atoms with E-state index in [0.29, 0.717) is 5.57 Å². The van der Waals surface area contributed by atoms with Gasteiger partial charge in [0.2, 0.25) is 0 Å². The van der Waals surface area contributed by atoms with E-state index in [2.05, 4.69) is 0 Å². The first-order chi connectivity index (χ1) is 4.95. The first-order valence-electron chi connectivity index (χ1n) is 3.42. The third kappa shape index (κ3) is 4.06. The molecular formula is C7H14F2N2. The van der Waals surface area contributed by atoms with Crippen molar-refractivity contribution >= 4 is 0 Å². The number of alkyl halides is 2. The van der Waals surface area contributed by atoms with Crippen molar-refractivity contribution < 1.29 is 8.78 Å². The van der Waals surface area contributed by atoms with Gasteiger partial charge >= 0.3 is 0 Å². The first kappa shape index (κ1) is 10.5. The van der Waals surface area contributed by atoms with Gasteiger partial charge in [-0.15, -0.1) is 0 Å². The third-order valence-electron chi connectivity index (χ3n) is 1.32. The van der Waals surface area contributed by atoms with Gasteiger partial charge in [-0.2, -0.15) is 0 Å². The quantitative estimate of drug-likeness (QED) is 0.608. The molecule has 0 rings (SSSR count). The van der Waals surface area contributed by atoms with Crippen LogP contribution in [0.4, 0.5) is 8.78 Å². The topological polar surface area (TPSA) is 52.0 Å². The molecule has 0 amide bonds. The van der Waals surface area contributed by atoms with E-state index < -0.39 is 12.5 Å². The fraction of sp³-hybridized carbons (Fsp3) is 0.714. The van der Waals surface area contributed by atoms with Gasteiger partial charge in [-0.1, -0.05) is 11.6 Å². The Hall–Kier alpha value is -0.480. The molecule has 66 valence electrons. The number of rotatable bonds is 3. The van der Waals surface area contributed by atoms with Gasteiger partial charge in [0.15, 0.2) is 0 Å². The summed E-state index contributed by atoms with van der Waals surface area (Å²) in [5, 5.41) is 0. The maximum atomic E-state index is 11.9. The molecule has 4 heteroatoms. The molecule has 0 aliphatic rings. The Labute approximate surface area is 65.3 Å². The van der Waals surface area contributed by atoms with Gasteiger partial charge in [0.1, 0.15) is 0 Å². The Morgan fingerprint density at radius 1 is 1.36 bits per heavy atom. The van der Waals surface area contributed by atoms with E-state index >= 15 is 0 Å². The molecule has 0 spiro atoms. The number of hydrogen-bond acceptors (Lipinski definition) is 2. The van der Waals surface area contributed by atoms with Crippen molar-refractivity contribution in [2.75, 3.05) is 0 Å². The van der Waals surface area contributed by atoms with Gasteiger partial charge in [-0.25, -0.2) is 8.78 Å². The summed E-state index contributed by atoms with van der Waals surface area (Å²) in [6, 6.07) is -1.40. The van der Waals surface area contributed by atoms with Crippen LogP contribution in [-0.4, -0.2) is 18.5 Å². The fourth-order valence-electron chi connectivity index (χ4n) is 0.725. The van der Waals surface area contributed by atoms with E-state index in [4.69, 9.17) is 11.5 Å². The Morgan fingerprint density at radius 2 is 1.82 bits per heavy atom. The predicted molar refractivity (Wildman–Crippen MR) is 41.4 cm³/mol. The summed E-state index contributed by atoms with van der Waals surface area (Å²) in [5.74, 6) is 0. The van der Waals surface area contributed by atoms with Crippen LogP contribution in [0.5, 0.6) is 0 Å². The van der Waals surface area contributed by atoms with Crippen LogP contribution in [0.3, 0.4) is 0 Å². The molecule has 0 saturated heterocycles. The monoisotopic (exact) mass is 164 g/mol. The summed E-state index contributed by atoms with van der Waals surface area (Å²) in [4.78, 5) is 0. The van der Waals surface area contributed by atoms with Gasteiger partial charge in [-0.05, 0) is 13.8 Å². The van der Waals surface area contributed by atoms with Crippen LogP contribution in [-0.2, 0) is 0 Å². The maximum Gasteiger partial charge on any atom is 0.257 e. The van der Waals surface area contributed by atoms with E-state index in [9.17, 15) is 8.78 Å². The summed E-state index contributed by atoms with van der Waals surface area (Å²) in [6.45, 7) is 3.27. The Kier molecular flexibility index (Phi) is 4.22. The van der Waals surface area contributed by atoms with Crippen molar-refractivity contribution in [3.05, 3.63) is 11.6 Å². The first-order valence-corrected chi connectivity index (χ1v) is 3.42. The molecular weight excluding hydrogens is 150 g/mol. The van der Waals surface area contributed by atoms with Crippen LogP contribution >= 0.6 is 0 Å². The molecule has 0 aromatic carbocycles. The molecule has 0 heterocycles. The van der Waals surface area contributed by atoms with Crippen molar-refractivity contribution in [3.8, 4) is 0 Å². The third-order valence-corrected chi connectivity index (χ3v) is 1.32. The lowest BCUT2D eigenvalue weighted by Gasteiger charge is -2.11. The summed E-state index contributed by atoms with van der Waals surface area (Å²) in [7, 11) is 0. The summed E-state index contributed by atoms with van der Waals surface area (Å²) in [5.41, 5.74) is 10.9. The largest absolute Gasteiger partial charge is 0.325 e. The van der Waals surface area contributed by atoms with Gasteiger partial charge in [-0.3, -0.25) is 0 Å². The zero-order chi connectivity index (χ0) is 9.02. The molecule has 0 bridgehead atoms. The number of hydrogen-bond donors (Lipinski definition) is 2. The standard InChI is InChI=1S/C7H14F2N2/c1-4(3-5(2)10)6(11)7(8)9/h3,5-7H,10-11H2,1-2H3. The van der Waals surface area contributed by atoms with Gasteiger partial charge in [0.05, 0.1) is 6.04 Å². The van der Waals surface area contributed by atoms with Crippen LogP contribution < -0.4 is 11.5 Å². The molecule has 0 aliphatic heterocycles.